The molecule has 1 N–H and O–H groups in total. The van der Waals surface area contributed by atoms with Crippen LogP contribution in [0.4, 0.5) is 10.6 Å². The van der Waals surface area contributed by atoms with Crippen molar-refractivity contribution in [1.82, 2.24) is 20.1 Å². The van der Waals surface area contributed by atoms with Gasteiger partial charge in [-0.15, -0.1) is 0 Å². The number of fused-ring (bicyclic) bond motifs is 1. The molecular formula is C17H25N5O3. The molecule has 2 aromatic heterocycles. The van der Waals surface area contributed by atoms with Crippen LogP contribution in [0.25, 0.3) is 10.9 Å². The molecule has 25 heavy (non-hydrogen) atoms. The molecule has 0 atom stereocenters. The van der Waals surface area contributed by atoms with Crippen LogP contribution in [0.5, 0.6) is 0 Å². The number of nitrogens with zero attached hydrogens (tertiary/aromatic N) is 4. The first-order valence-electron chi connectivity index (χ1n) is 8.53. The number of pyridine rings is 1. The maximum absolute atomic E-state index is 12.8. The molecular weight excluding hydrogens is 322 g/mol. The summed E-state index contributed by atoms with van der Waals surface area (Å²) >= 11 is 0. The van der Waals surface area contributed by atoms with Crippen molar-refractivity contribution >= 4 is 22.8 Å². The molecule has 1 aliphatic heterocycles. The number of carbonyl (C=O) groups excluding carboxylic acids is 1. The monoisotopic (exact) mass is 347 g/mol. The molecule has 2 aromatic rings. The normalized spacial score (nSPS) is 16.1. The molecule has 1 fully saturated rings. The zero-order valence-electron chi connectivity index (χ0n) is 15.0. The number of rotatable bonds is 4. The molecule has 0 aliphatic carbocycles. The van der Waals surface area contributed by atoms with Gasteiger partial charge in [0.25, 0.3) is 0 Å². The van der Waals surface area contributed by atoms with Crippen LogP contribution < -0.4 is 4.90 Å². The third kappa shape index (κ3) is 4.46. The van der Waals surface area contributed by atoms with E-state index in [4.69, 9.17) is 9.47 Å². The SMILES string of the molecule is CC(C)(C)OC(=O)N(CCN1CCOCC1)c1n[nH]c2cnccc12. The Bertz CT molecular complexity index is 718. The number of morpholine rings is 1. The highest BCUT2D eigenvalue weighted by molar-refractivity contribution is 5.98. The van der Waals surface area contributed by atoms with Crippen LogP contribution in [-0.4, -0.2) is 71.2 Å². The molecule has 0 aromatic carbocycles. The lowest BCUT2D eigenvalue weighted by Crippen LogP contribution is -2.44. The van der Waals surface area contributed by atoms with E-state index in [-0.39, 0.29) is 0 Å². The number of hydrogen-bond donors (Lipinski definition) is 1. The summed E-state index contributed by atoms with van der Waals surface area (Å²) in [7, 11) is 0. The molecule has 8 nitrogen and oxygen atoms in total. The van der Waals surface area contributed by atoms with E-state index in [1.807, 2.05) is 26.8 Å². The number of anilines is 1. The fourth-order valence-corrected chi connectivity index (χ4v) is 2.72. The second-order valence-electron chi connectivity index (χ2n) is 7.05. The first-order valence-corrected chi connectivity index (χ1v) is 8.53. The van der Waals surface area contributed by atoms with Gasteiger partial charge in [-0.1, -0.05) is 0 Å². The van der Waals surface area contributed by atoms with Gasteiger partial charge in [-0.3, -0.25) is 19.9 Å². The van der Waals surface area contributed by atoms with E-state index in [0.717, 1.165) is 43.8 Å². The molecule has 0 bridgehead atoms. The topological polar surface area (TPSA) is 83.6 Å². The average Bonchev–Trinajstić information content (AvgIpc) is 2.98. The van der Waals surface area contributed by atoms with E-state index >= 15 is 0 Å². The predicted molar refractivity (Wildman–Crippen MR) is 94.7 cm³/mol. The average molecular weight is 347 g/mol. The maximum atomic E-state index is 12.8. The molecule has 3 rings (SSSR count). The van der Waals surface area contributed by atoms with Gasteiger partial charge in [0.2, 0.25) is 0 Å². The Balaban J connectivity index is 1.81. The minimum absolute atomic E-state index is 0.397. The molecule has 3 heterocycles. The van der Waals surface area contributed by atoms with Gasteiger partial charge in [-0.25, -0.2) is 4.79 Å². The molecule has 1 amide bonds. The van der Waals surface area contributed by atoms with Crippen molar-refractivity contribution in [3.05, 3.63) is 18.5 Å². The van der Waals surface area contributed by atoms with Crippen molar-refractivity contribution in [2.45, 2.75) is 26.4 Å². The highest BCUT2D eigenvalue weighted by Crippen LogP contribution is 2.24. The van der Waals surface area contributed by atoms with Gasteiger partial charge >= 0.3 is 6.09 Å². The Morgan fingerprint density at radius 2 is 2.16 bits per heavy atom. The second-order valence-corrected chi connectivity index (χ2v) is 7.05. The molecule has 0 spiro atoms. The number of nitrogens with one attached hydrogen (secondary N) is 1. The molecule has 1 aliphatic rings. The first-order chi connectivity index (χ1) is 11.9. The van der Waals surface area contributed by atoms with E-state index in [2.05, 4.69) is 20.1 Å². The summed E-state index contributed by atoms with van der Waals surface area (Å²) in [5.41, 5.74) is 0.222. The van der Waals surface area contributed by atoms with Gasteiger partial charge in [0.05, 0.1) is 24.9 Å². The summed E-state index contributed by atoms with van der Waals surface area (Å²) in [6.07, 6.45) is 2.99. The summed E-state index contributed by atoms with van der Waals surface area (Å²) in [6.45, 7) is 10.00. The Kier molecular flexibility index (Phi) is 5.19. The Morgan fingerprint density at radius 1 is 1.40 bits per heavy atom. The lowest BCUT2D eigenvalue weighted by molar-refractivity contribution is 0.0375. The van der Waals surface area contributed by atoms with Crippen LogP contribution in [0.2, 0.25) is 0 Å². The third-order valence-corrected chi connectivity index (χ3v) is 3.96. The molecule has 8 heteroatoms. The molecule has 0 radical (unpaired) electrons. The minimum Gasteiger partial charge on any atom is -0.443 e. The Morgan fingerprint density at radius 3 is 2.88 bits per heavy atom. The van der Waals surface area contributed by atoms with Crippen molar-refractivity contribution < 1.29 is 14.3 Å². The predicted octanol–water partition coefficient (Wildman–Crippen LogP) is 2.03. The zero-order chi connectivity index (χ0) is 17.9. The summed E-state index contributed by atoms with van der Waals surface area (Å²) < 4.78 is 11.0. The van der Waals surface area contributed by atoms with E-state index in [1.54, 1.807) is 17.3 Å². The van der Waals surface area contributed by atoms with Crippen LogP contribution in [0.15, 0.2) is 18.5 Å². The van der Waals surface area contributed by atoms with Gasteiger partial charge < -0.3 is 9.47 Å². The van der Waals surface area contributed by atoms with Crippen molar-refractivity contribution in [2.75, 3.05) is 44.3 Å². The highest BCUT2D eigenvalue weighted by atomic mass is 16.6. The van der Waals surface area contributed by atoms with E-state index in [9.17, 15) is 4.79 Å². The van der Waals surface area contributed by atoms with Crippen LogP contribution >= 0.6 is 0 Å². The van der Waals surface area contributed by atoms with Crippen molar-refractivity contribution in [3.8, 4) is 0 Å². The standard InChI is InChI=1S/C17H25N5O3/c1-17(2,3)25-16(23)22(7-6-21-8-10-24-11-9-21)15-13-4-5-18-12-14(13)19-20-15/h4-5,12H,6-11H2,1-3H3,(H,19,20). The quantitative estimate of drug-likeness (QED) is 0.911. The number of aromatic nitrogens is 3. The number of H-pyrrole nitrogens is 1. The third-order valence-electron chi connectivity index (χ3n) is 3.96. The molecule has 136 valence electrons. The lowest BCUT2D eigenvalue weighted by Gasteiger charge is -2.30. The number of hydrogen-bond acceptors (Lipinski definition) is 6. The van der Waals surface area contributed by atoms with E-state index in [0.29, 0.717) is 12.4 Å². The Labute approximate surface area is 147 Å². The molecule has 0 saturated carbocycles. The van der Waals surface area contributed by atoms with Gasteiger partial charge in [-0.05, 0) is 26.8 Å². The van der Waals surface area contributed by atoms with Crippen molar-refractivity contribution in [2.24, 2.45) is 0 Å². The molecule has 1 saturated heterocycles. The van der Waals surface area contributed by atoms with Gasteiger partial charge in [0.1, 0.15) is 5.60 Å². The summed E-state index contributed by atoms with van der Waals surface area (Å²) in [4.78, 5) is 20.7. The number of carbonyl (C=O) groups is 1. The lowest BCUT2D eigenvalue weighted by atomic mass is 10.2. The Hall–Kier alpha value is -2.19. The summed E-state index contributed by atoms with van der Waals surface area (Å²) in [5, 5.41) is 8.11. The van der Waals surface area contributed by atoms with E-state index in [1.165, 1.54) is 0 Å². The fourth-order valence-electron chi connectivity index (χ4n) is 2.72. The van der Waals surface area contributed by atoms with Crippen molar-refractivity contribution in [3.63, 3.8) is 0 Å². The van der Waals surface area contributed by atoms with Crippen molar-refractivity contribution in [1.29, 1.82) is 0 Å². The maximum Gasteiger partial charge on any atom is 0.416 e. The van der Waals surface area contributed by atoms with Crippen LogP contribution in [0.3, 0.4) is 0 Å². The fraction of sp³-hybridized carbons (Fsp3) is 0.588. The molecule has 0 unspecified atom stereocenters. The zero-order valence-corrected chi connectivity index (χ0v) is 15.0. The van der Waals surface area contributed by atoms with Gasteiger partial charge in [-0.2, -0.15) is 5.10 Å². The smallest absolute Gasteiger partial charge is 0.416 e. The first kappa shape index (κ1) is 17.6. The second kappa shape index (κ2) is 7.37. The summed E-state index contributed by atoms with van der Waals surface area (Å²) in [6, 6.07) is 1.85. The van der Waals surface area contributed by atoms with E-state index < -0.39 is 11.7 Å². The van der Waals surface area contributed by atoms with Crippen LogP contribution in [0.1, 0.15) is 20.8 Å². The number of amides is 1. The number of aromatic amines is 1. The van der Waals surface area contributed by atoms with Crippen LogP contribution in [0, 0.1) is 0 Å². The van der Waals surface area contributed by atoms with Gasteiger partial charge in [0.15, 0.2) is 5.82 Å². The summed E-state index contributed by atoms with van der Waals surface area (Å²) in [5.74, 6) is 0.569. The van der Waals surface area contributed by atoms with Gasteiger partial charge in [0, 0.05) is 37.8 Å². The highest BCUT2D eigenvalue weighted by Gasteiger charge is 2.27. The number of ether oxygens (including phenoxy) is 2. The largest absolute Gasteiger partial charge is 0.443 e. The minimum atomic E-state index is -0.567. The van der Waals surface area contributed by atoms with Crippen LogP contribution in [-0.2, 0) is 9.47 Å².